The molecule has 21 heavy (non-hydrogen) atoms. The SMILES string of the molecule is N#CC1(C#N)NC=CC(C#N)(C(=O)NN)C1(C#N)C#N.[Na]. The van der Waals surface area contributed by atoms with Crippen LogP contribution in [0.2, 0.25) is 0 Å². The minimum atomic E-state index is -2.60. The number of carbonyl (C=O) groups is 1. The number of hydrogen-bond donors (Lipinski definition) is 3. The number of nitrogens with one attached hydrogen (secondary N) is 2. The quantitative estimate of drug-likeness (QED) is 0.215. The van der Waals surface area contributed by atoms with Crippen LogP contribution in [0.4, 0.5) is 0 Å². The van der Waals surface area contributed by atoms with Gasteiger partial charge in [-0.3, -0.25) is 10.2 Å². The molecule has 1 heterocycles. The molecule has 1 rings (SSSR count). The molecule has 0 fully saturated rings. The molecule has 4 N–H and O–H groups in total. The van der Waals surface area contributed by atoms with Crippen molar-refractivity contribution >= 4 is 35.5 Å². The Morgan fingerprint density at radius 1 is 1.05 bits per heavy atom. The molecule has 1 unspecified atom stereocenters. The maximum atomic E-state index is 11.9. The van der Waals surface area contributed by atoms with Gasteiger partial charge < -0.3 is 5.32 Å². The van der Waals surface area contributed by atoms with Crippen LogP contribution >= 0.6 is 0 Å². The van der Waals surface area contributed by atoms with Gasteiger partial charge in [0.1, 0.15) is 12.1 Å². The van der Waals surface area contributed by atoms with Gasteiger partial charge in [0.05, 0.1) is 18.2 Å². The van der Waals surface area contributed by atoms with Gasteiger partial charge in [0.15, 0.2) is 5.41 Å². The second-order valence-electron chi connectivity index (χ2n) is 3.82. The average molecular weight is 289 g/mol. The Morgan fingerprint density at radius 2 is 1.57 bits per heavy atom. The van der Waals surface area contributed by atoms with Crippen molar-refractivity contribution in [3.05, 3.63) is 12.3 Å². The smallest absolute Gasteiger partial charge is 0.261 e. The summed E-state index contributed by atoms with van der Waals surface area (Å²) in [6.45, 7) is 0. The van der Waals surface area contributed by atoms with Crippen molar-refractivity contribution in [1.29, 1.82) is 26.3 Å². The molecule has 1 amide bonds. The second kappa shape index (κ2) is 6.25. The van der Waals surface area contributed by atoms with Crippen molar-refractivity contribution in [2.45, 2.75) is 5.54 Å². The van der Waals surface area contributed by atoms with Crippen LogP contribution in [0.25, 0.3) is 0 Å². The van der Waals surface area contributed by atoms with E-state index in [1.54, 1.807) is 5.43 Å². The van der Waals surface area contributed by atoms with Crippen LogP contribution in [0.1, 0.15) is 0 Å². The summed E-state index contributed by atoms with van der Waals surface area (Å²) in [6, 6.07) is 7.41. The zero-order chi connectivity index (χ0) is 15.4. The van der Waals surface area contributed by atoms with E-state index >= 15 is 0 Å². The second-order valence-corrected chi connectivity index (χ2v) is 3.82. The maximum Gasteiger partial charge on any atom is 0.261 e. The van der Waals surface area contributed by atoms with E-state index in [0.29, 0.717) is 0 Å². The Labute approximate surface area is 142 Å². The molecule has 0 saturated heterocycles. The Hall–Kier alpha value is -2.58. The number of nitrogens with zero attached hydrogens (tertiary/aromatic N) is 5. The van der Waals surface area contributed by atoms with Crippen LogP contribution in [-0.4, -0.2) is 41.0 Å². The van der Waals surface area contributed by atoms with Crippen molar-refractivity contribution in [2.24, 2.45) is 16.7 Å². The summed E-state index contributed by atoms with van der Waals surface area (Å²) < 4.78 is 0. The molecule has 1 aliphatic heterocycles. The van der Waals surface area contributed by atoms with Gasteiger partial charge in [0, 0.05) is 29.6 Å². The van der Waals surface area contributed by atoms with E-state index in [2.05, 4.69) is 5.32 Å². The molecule has 1 aliphatic rings. The first kappa shape index (κ1) is 18.4. The maximum absolute atomic E-state index is 11.9. The third-order valence-corrected chi connectivity index (χ3v) is 3.12. The molecular weight excluding hydrogens is 283 g/mol. The van der Waals surface area contributed by atoms with Crippen LogP contribution in [0.15, 0.2) is 12.3 Å². The molecule has 0 saturated carbocycles. The Bertz CT molecular complexity index is 666. The van der Waals surface area contributed by atoms with E-state index in [0.717, 1.165) is 12.3 Å². The number of nitrogens with two attached hydrogens (primary N) is 1. The first-order valence-corrected chi connectivity index (χ1v) is 5.02. The van der Waals surface area contributed by atoms with E-state index in [1.165, 1.54) is 30.3 Å². The number of nitriles is 5. The molecular formula is C11H6N8NaO. The van der Waals surface area contributed by atoms with Crippen LogP contribution in [-0.2, 0) is 4.79 Å². The molecule has 0 aromatic rings. The molecule has 0 aliphatic carbocycles. The molecule has 9 nitrogen and oxygen atoms in total. The van der Waals surface area contributed by atoms with Crippen molar-refractivity contribution in [3.8, 4) is 30.3 Å². The first-order valence-electron chi connectivity index (χ1n) is 5.02. The predicted octanol–water partition coefficient (Wildman–Crippen LogP) is -1.96. The third kappa shape index (κ3) is 1.92. The monoisotopic (exact) mass is 289 g/mol. The van der Waals surface area contributed by atoms with Crippen molar-refractivity contribution < 1.29 is 4.79 Å². The summed E-state index contributed by atoms with van der Waals surface area (Å²) in [5.41, 5.74) is -5.72. The molecule has 10 heteroatoms. The molecule has 0 aromatic carbocycles. The van der Waals surface area contributed by atoms with Gasteiger partial charge in [-0.15, -0.1) is 0 Å². The third-order valence-electron chi connectivity index (χ3n) is 3.12. The van der Waals surface area contributed by atoms with Gasteiger partial charge in [-0.2, -0.15) is 26.3 Å². The fourth-order valence-corrected chi connectivity index (χ4v) is 1.98. The van der Waals surface area contributed by atoms with Crippen LogP contribution < -0.4 is 16.6 Å². The number of rotatable bonds is 1. The number of carbonyl (C=O) groups excluding carboxylic acids is 1. The van der Waals surface area contributed by atoms with E-state index in [9.17, 15) is 31.1 Å². The van der Waals surface area contributed by atoms with E-state index in [4.69, 9.17) is 5.84 Å². The standard InChI is InChI=1S/C11H6N8O.Na/c12-3-9(8(20)19-17)1-2-18-11(6-15,7-16)10(9,4-13)5-14;/h1-2,18H,17H2,(H,19,20);. The van der Waals surface area contributed by atoms with Crippen LogP contribution in [0, 0.1) is 67.5 Å². The van der Waals surface area contributed by atoms with Gasteiger partial charge in [-0.05, 0) is 12.3 Å². The molecule has 0 spiro atoms. The summed E-state index contributed by atoms with van der Waals surface area (Å²) in [4.78, 5) is 11.9. The molecule has 1 radical (unpaired) electrons. The zero-order valence-corrected chi connectivity index (χ0v) is 12.9. The van der Waals surface area contributed by atoms with E-state index < -0.39 is 22.3 Å². The largest absolute Gasteiger partial charge is 0.360 e. The van der Waals surface area contributed by atoms with Gasteiger partial charge in [-0.25, -0.2) is 5.84 Å². The molecule has 97 valence electrons. The van der Waals surface area contributed by atoms with E-state index in [-0.39, 0.29) is 29.6 Å². The summed E-state index contributed by atoms with van der Waals surface area (Å²) in [5, 5.41) is 48.6. The van der Waals surface area contributed by atoms with Crippen LogP contribution in [0.5, 0.6) is 0 Å². The number of amides is 1. The van der Waals surface area contributed by atoms with Crippen LogP contribution in [0.3, 0.4) is 0 Å². The molecule has 0 aromatic heterocycles. The molecule has 1 atom stereocenters. The summed E-state index contributed by atoms with van der Waals surface area (Å²) in [7, 11) is 0. The fraction of sp³-hybridized carbons (Fsp3) is 0.273. The van der Waals surface area contributed by atoms with Gasteiger partial charge >= 0.3 is 0 Å². The van der Waals surface area contributed by atoms with Gasteiger partial charge in [-0.1, -0.05) is 0 Å². The van der Waals surface area contributed by atoms with Gasteiger partial charge in [0.25, 0.3) is 5.91 Å². The fourth-order valence-electron chi connectivity index (χ4n) is 1.98. The number of hydrogen-bond acceptors (Lipinski definition) is 8. The van der Waals surface area contributed by atoms with Crippen molar-refractivity contribution in [2.75, 3.05) is 0 Å². The predicted molar refractivity (Wildman–Crippen MR) is 66.0 cm³/mol. The Morgan fingerprint density at radius 3 is 1.90 bits per heavy atom. The molecule has 0 bridgehead atoms. The minimum Gasteiger partial charge on any atom is -0.360 e. The Kier molecular flexibility index (Phi) is 5.48. The normalized spacial score (nSPS) is 23.2. The first-order chi connectivity index (χ1) is 9.49. The minimum absolute atomic E-state index is 0. The summed E-state index contributed by atoms with van der Waals surface area (Å²) >= 11 is 0. The van der Waals surface area contributed by atoms with Gasteiger partial charge in [0.2, 0.25) is 11.0 Å². The topological polar surface area (TPSA) is 186 Å². The zero-order valence-electron chi connectivity index (χ0n) is 10.9. The average Bonchev–Trinajstić information content (AvgIpc) is 2.52. The summed E-state index contributed by atoms with van der Waals surface area (Å²) in [6.07, 6.45) is 1.92. The van der Waals surface area contributed by atoms with Crippen molar-refractivity contribution in [3.63, 3.8) is 0 Å². The number of hydrazine groups is 1. The summed E-state index contributed by atoms with van der Waals surface area (Å²) in [5.74, 6) is 3.81. The Balaban J connectivity index is 0.00000400. The van der Waals surface area contributed by atoms with E-state index in [1.807, 2.05) is 0 Å². The van der Waals surface area contributed by atoms with Crippen molar-refractivity contribution in [1.82, 2.24) is 10.7 Å².